The molecule has 5 nitrogen and oxygen atoms in total. The maximum absolute atomic E-state index is 11.2. The summed E-state index contributed by atoms with van der Waals surface area (Å²) in [5, 5.41) is 0. The number of nitrogens with two attached hydrogens (primary N) is 1. The van der Waals surface area contributed by atoms with Gasteiger partial charge in [-0.25, -0.2) is 0 Å². The lowest BCUT2D eigenvalue weighted by atomic mass is 10.2. The van der Waals surface area contributed by atoms with Gasteiger partial charge >= 0.3 is 5.97 Å². The van der Waals surface area contributed by atoms with E-state index < -0.39 is 6.04 Å². The molecule has 0 spiro atoms. The summed E-state index contributed by atoms with van der Waals surface area (Å²) in [7, 11) is 0. The molecule has 0 aromatic heterocycles. The molecule has 0 aliphatic carbocycles. The number of rotatable bonds is 11. The maximum Gasteiger partial charge on any atom is 0.322 e. The van der Waals surface area contributed by atoms with E-state index >= 15 is 0 Å². The van der Waals surface area contributed by atoms with Gasteiger partial charge in [0, 0.05) is 13.2 Å². The number of carbonyl (C=O) groups is 1. The van der Waals surface area contributed by atoms with Gasteiger partial charge in [0.25, 0.3) is 0 Å². The van der Waals surface area contributed by atoms with Crippen molar-refractivity contribution in [3.05, 3.63) is 0 Å². The fraction of sp³-hybridized carbons (Fsp3) is 0.917. The van der Waals surface area contributed by atoms with E-state index in [0.29, 0.717) is 32.8 Å². The van der Waals surface area contributed by atoms with Crippen LogP contribution >= 0.6 is 0 Å². The van der Waals surface area contributed by atoms with E-state index in [1.165, 1.54) is 0 Å². The number of carbonyl (C=O) groups excluding carboxylic acids is 1. The Morgan fingerprint density at radius 3 is 2.35 bits per heavy atom. The zero-order chi connectivity index (χ0) is 12.9. The SMILES string of the molecule is CCCCOCCOCCC(N)C(=O)OCC. The van der Waals surface area contributed by atoms with E-state index in [2.05, 4.69) is 6.92 Å². The van der Waals surface area contributed by atoms with E-state index in [9.17, 15) is 4.79 Å². The summed E-state index contributed by atoms with van der Waals surface area (Å²) in [6.07, 6.45) is 2.69. The van der Waals surface area contributed by atoms with Crippen molar-refractivity contribution in [2.24, 2.45) is 5.73 Å². The summed E-state index contributed by atoms with van der Waals surface area (Å²) in [4.78, 5) is 11.2. The second-order valence-corrected chi connectivity index (χ2v) is 3.73. The van der Waals surface area contributed by atoms with Crippen molar-refractivity contribution in [2.75, 3.05) is 33.0 Å². The molecule has 2 N–H and O–H groups in total. The smallest absolute Gasteiger partial charge is 0.322 e. The quantitative estimate of drug-likeness (QED) is 0.437. The van der Waals surface area contributed by atoms with Gasteiger partial charge in [-0.05, 0) is 19.8 Å². The third-order valence-corrected chi connectivity index (χ3v) is 2.18. The van der Waals surface area contributed by atoms with Crippen molar-refractivity contribution < 1.29 is 19.0 Å². The highest BCUT2D eigenvalue weighted by Gasteiger charge is 2.13. The summed E-state index contributed by atoms with van der Waals surface area (Å²) in [6, 6.07) is -0.587. The van der Waals surface area contributed by atoms with Gasteiger partial charge in [-0.15, -0.1) is 0 Å². The predicted octanol–water partition coefficient (Wildman–Crippen LogP) is 1.10. The Bertz CT molecular complexity index is 187. The molecule has 0 saturated heterocycles. The van der Waals surface area contributed by atoms with Crippen LogP contribution in [0.25, 0.3) is 0 Å². The molecule has 0 radical (unpaired) electrons. The Morgan fingerprint density at radius 2 is 1.76 bits per heavy atom. The molecular formula is C12H25NO4. The van der Waals surface area contributed by atoms with Gasteiger partial charge in [-0.3, -0.25) is 4.79 Å². The first kappa shape index (κ1) is 16.4. The van der Waals surface area contributed by atoms with Gasteiger partial charge in [0.1, 0.15) is 6.04 Å². The molecule has 0 bridgehead atoms. The molecule has 17 heavy (non-hydrogen) atoms. The van der Waals surface area contributed by atoms with Crippen LogP contribution in [0.2, 0.25) is 0 Å². The van der Waals surface area contributed by atoms with Gasteiger partial charge in [0.15, 0.2) is 0 Å². The molecule has 0 saturated carbocycles. The van der Waals surface area contributed by atoms with Crippen LogP contribution in [-0.2, 0) is 19.0 Å². The van der Waals surface area contributed by atoms with Gasteiger partial charge < -0.3 is 19.9 Å². The summed E-state index contributed by atoms with van der Waals surface area (Å²) in [5.74, 6) is -0.365. The second-order valence-electron chi connectivity index (χ2n) is 3.73. The first-order chi connectivity index (χ1) is 8.22. The average molecular weight is 247 g/mol. The number of esters is 1. The molecule has 0 rings (SSSR count). The normalized spacial score (nSPS) is 12.4. The number of hydrogen-bond acceptors (Lipinski definition) is 5. The lowest BCUT2D eigenvalue weighted by molar-refractivity contribution is -0.145. The fourth-order valence-electron chi connectivity index (χ4n) is 1.15. The molecule has 0 aliphatic rings. The molecule has 0 aliphatic heterocycles. The Kier molecular flexibility index (Phi) is 11.4. The molecule has 1 unspecified atom stereocenters. The molecule has 0 aromatic carbocycles. The van der Waals surface area contributed by atoms with Gasteiger partial charge in [0.2, 0.25) is 0 Å². The van der Waals surface area contributed by atoms with E-state index in [-0.39, 0.29) is 5.97 Å². The summed E-state index contributed by atoms with van der Waals surface area (Å²) in [6.45, 7) is 6.61. The second kappa shape index (κ2) is 11.8. The van der Waals surface area contributed by atoms with Crippen molar-refractivity contribution in [3.63, 3.8) is 0 Å². The zero-order valence-electron chi connectivity index (χ0n) is 10.9. The van der Waals surface area contributed by atoms with Crippen LogP contribution < -0.4 is 5.73 Å². The first-order valence-corrected chi connectivity index (χ1v) is 6.30. The molecule has 0 aromatic rings. The lowest BCUT2D eigenvalue weighted by Crippen LogP contribution is -2.33. The van der Waals surface area contributed by atoms with Crippen LogP contribution in [0, 0.1) is 0 Å². The van der Waals surface area contributed by atoms with Gasteiger partial charge in [-0.1, -0.05) is 13.3 Å². The van der Waals surface area contributed by atoms with E-state index in [1.807, 2.05) is 0 Å². The Balaban J connectivity index is 3.24. The van der Waals surface area contributed by atoms with Crippen LogP contribution in [0.15, 0.2) is 0 Å². The van der Waals surface area contributed by atoms with Crippen LogP contribution in [0.3, 0.4) is 0 Å². The third kappa shape index (κ3) is 10.2. The predicted molar refractivity (Wildman–Crippen MR) is 65.8 cm³/mol. The molecule has 5 heteroatoms. The molecule has 0 fully saturated rings. The monoisotopic (exact) mass is 247 g/mol. The van der Waals surface area contributed by atoms with Crippen molar-refractivity contribution in [2.45, 2.75) is 39.2 Å². The molecule has 0 amide bonds. The Morgan fingerprint density at radius 1 is 1.12 bits per heavy atom. The molecular weight excluding hydrogens is 222 g/mol. The standard InChI is InChI=1S/C12H25NO4/c1-3-5-7-15-9-10-16-8-6-11(13)12(14)17-4-2/h11H,3-10,13H2,1-2H3. The highest BCUT2D eigenvalue weighted by molar-refractivity contribution is 5.75. The van der Waals surface area contributed by atoms with Gasteiger partial charge in [0.05, 0.1) is 19.8 Å². The van der Waals surface area contributed by atoms with Crippen molar-refractivity contribution >= 4 is 5.97 Å². The summed E-state index contributed by atoms with van der Waals surface area (Å²) < 4.78 is 15.4. The number of ether oxygens (including phenoxy) is 3. The summed E-state index contributed by atoms with van der Waals surface area (Å²) in [5.41, 5.74) is 5.60. The van der Waals surface area contributed by atoms with E-state index in [4.69, 9.17) is 19.9 Å². The number of hydrogen-bond donors (Lipinski definition) is 1. The maximum atomic E-state index is 11.2. The highest BCUT2D eigenvalue weighted by atomic mass is 16.5. The third-order valence-electron chi connectivity index (χ3n) is 2.18. The summed E-state index contributed by atoms with van der Waals surface area (Å²) >= 11 is 0. The fourth-order valence-corrected chi connectivity index (χ4v) is 1.15. The highest BCUT2D eigenvalue weighted by Crippen LogP contribution is 1.94. The van der Waals surface area contributed by atoms with Crippen molar-refractivity contribution in [1.29, 1.82) is 0 Å². The van der Waals surface area contributed by atoms with Crippen LogP contribution in [0.4, 0.5) is 0 Å². The molecule has 0 heterocycles. The van der Waals surface area contributed by atoms with Crippen LogP contribution in [0.5, 0.6) is 0 Å². The Labute approximate surface area is 104 Å². The molecule has 102 valence electrons. The van der Waals surface area contributed by atoms with Crippen LogP contribution in [-0.4, -0.2) is 45.0 Å². The minimum Gasteiger partial charge on any atom is -0.465 e. The average Bonchev–Trinajstić information content (AvgIpc) is 2.32. The van der Waals surface area contributed by atoms with Crippen molar-refractivity contribution in [3.8, 4) is 0 Å². The van der Waals surface area contributed by atoms with Crippen LogP contribution in [0.1, 0.15) is 33.1 Å². The number of unbranched alkanes of at least 4 members (excludes halogenated alkanes) is 1. The zero-order valence-corrected chi connectivity index (χ0v) is 10.9. The van der Waals surface area contributed by atoms with E-state index in [0.717, 1.165) is 19.4 Å². The van der Waals surface area contributed by atoms with Crippen molar-refractivity contribution in [1.82, 2.24) is 0 Å². The first-order valence-electron chi connectivity index (χ1n) is 6.30. The van der Waals surface area contributed by atoms with E-state index in [1.54, 1.807) is 6.92 Å². The lowest BCUT2D eigenvalue weighted by Gasteiger charge is -2.10. The Hall–Kier alpha value is -0.650. The van der Waals surface area contributed by atoms with Gasteiger partial charge in [-0.2, -0.15) is 0 Å². The molecule has 1 atom stereocenters. The largest absolute Gasteiger partial charge is 0.465 e. The topological polar surface area (TPSA) is 70.8 Å². The minimum atomic E-state index is -0.587. The minimum absolute atomic E-state index is 0.360.